The number of carbonyl (C=O) groups excluding carboxylic acids is 1. The number of amides is 1. The van der Waals surface area contributed by atoms with E-state index in [1.54, 1.807) is 0 Å². The average molecular weight is 306 g/mol. The molecule has 1 atom stereocenters. The van der Waals surface area contributed by atoms with Gasteiger partial charge in [0.1, 0.15) is 12.2 Å². The van der Waals surface area contributed by atoms with Crippen LogP contribution in [0.2, 0.25) is 0 Å². The third-order valence-corrected chi connectivity index (χ3v) is 3.07. The van der Waals surface area contributed by atoms with Gasteiger partial charge in [-0.1, -0.05) is 0 Å². The highest BCUT2D eigenvalue weighted by atomic mass is 19.4. The Morgan fingerprint density at radius 2 is 2.14 bits per heavy atom. The lowest BCUT2D eigenvalue weighted by atomic mass is 10.2. The van der Waals surface area contributed by atoms with Crippen LogP contribution in [0.4, 0.5) is 13.2 Å². The largest absolute Gasteiger partial charge is 0.480 e. The number of carboxylic acid groups (broad SMARTS) is 1. The van der Waals surface area contributed by atoms with Crippen LogP contribution < -0.4 is 0 Å². The summed E-state index contributed by atoms with van der Waals surface area (Å²) in [7, 11) is 0. The molecule has 2 heterocycles. The van der Waals surface area contributed by atoms with Crippen molar-refractivity contribution in [2.75, 3.05) is 19.8 Å². The van der Waals surface area contributed by atoms with Crippen molar-refractivity contribution in [3.8, 4) is 0 Å². The van der Waals surface area contributed by atoms with Gasteiger partial charge in [0.2, 0.25) is 0 Å². The maximum Gasteiger partial charge on any atom is 0.406 e. The maximum atomic E-state index is 12.4. The summed E-state index contributed by atoms with van der Waals surface area (Å²) in [5, 5.41) is 9.05. The molecule has 0 aromatic carbocycles. The van der Waals surface area contributed by atoms with Gasteiger partial charge in [-0.25, -0.2) is 4.79 Å². The fourth-order valence-electron chi connectivity index (χ4n) is 2.14. The van der Waals surface area contributed by atoms with E-state index in [0.717, 1.165) is 15.7 Å². The minimum atomic E-state index is -4.47. The molecule has 1 aromatic heterocycles. The molecule has 116 valence electrons. The summed E-state index contributed by atoms with van der Waals surface area (Å²) in [6.45, 7) is -1.31. The van der Waals surface area contributed by atoms with E-state index in [9.17, 15) is 22.8 Å². The first kappa shape index (κ1) is 15.4. The monoisotopic (exact) mass is 306 g/mol. The van der Waals surface area contributed by atoms with E-state index in [4.69, 9.17) is 9.84 Å². The Balaban J connectivity index is 2.23. The first-order valence-corrected chi connectivity index (χ1v) is 6.13. The molecule has 0 spiro atoms. The van der Waals surface area contributed by atoms with Crippen LogP contribution in [0.3, 0.4) is 0 Å². The molecule has 0 radical (unpaired) electrons. The molecule has 21 heavy (non-hydrogen) atoms. The zero-order chi connectivity index (χ0) is 15.6. The van der Waals surface area contributed by atoms with Crippen molar-refractivity contribution < 1.29 is 32.6 Å². The molecule has 1 aliphatic rings. The number of hydrogen-bond acceptors (Lipinski definition) is 3. The number of alkyl halides is 3. The van der Waals surface area contributed by atoms with E-state index in [1.807, 2.05) is 0 Å². The third kappa shape index (κ3) is 3.54. The van der Waals surface area contributed by atoms with Crippen molar-refractivity contribution in [1.82, 2.24) is 9.47 Å². The van der Waals surface area contributed by atoms with E-state index in [-0.39, 0.29) is 25.5 Å². The lowest BCUT2D eigenvalue weighted by molar-refractivity contribution is -0.148. The lowest BCUT2D eigenvalue weighted by Gasteiger charge is -2.33. The second kappa shape index (κ2) is 5.76. The summed E-state index contributed by atoms with van der Waals surface area (Å²) in [6, 6.07) is 1.36. The van der Waals surface area contributed by atoms with Crippen LogP contribution in [-0.2, 0) is 16.1 Å². The Kier molecular flexibility index (Phi) is 4.21. The van der Waals surface area contributed by atoms with E-state index in [1.165, 1.54) is 12.1 Å². The van der Waals surface area contributed by atoms with Gasteiger partial charge in [-0.15, -0.1) is 0 Å². The second-order valence-corrected chi connectivity index (χ2v) is 4.56. The number of ether oxygens (including phenoxy) is 1. The van der Waals surface area contributed by atoms with Gasteiger partial charge >= 0.3 is 12.1 Å². The minimum absolute atomic E-state index is 0.0208. The fraction of sp³-hybridized carbons (Fsp3) is 0.500. The normalized spacial score (nSPS) is 19.6. The molecule has 1 aliphatic heterocycles. The number of nitrogens with zero attached hydrogens (tertiary/aromatic N) is 2. The van der Waals surface area contributed by atoms with E-state index in [0.29, 0.717) is 0 Å². The SMILES string of the molecule is O=C(O)C1COCCN1C(=O)c1cccn1CC(F)(F)F. The molecule has 1 unspecified atom stereocenters. The van der Waals surface area contributed by atoms with Crippen LogP contribution in [-0.4, -0.2) is 58.4 Å². The van der Waals surface area contributed by atoms with Crippen LogP contribution in [0.1, 0.15) is 10.5 Å². The van der Waals surface area contributed by atoms with Gasteiger partial charge in [0, 0.05) is 12.7 Å². The smallest absolute Gasteiger partial charge is 0.406 e. The number of hydrogen-bond donors (Lipinski definition) is 1. The van der Waals surface area contributed by atoms with Gasteiger partial charge in [0.05, 0.1) is 13.2 Å². The van der Waals surface area contributed by atoms with Crippen LogP contribution in [0.5, 0.6) is 0 Å². The maximum absolute atomic E-state index is 12.4. The summed E-state index contributed by atoms with van der Waals surface area (Å²) in [5.74, 6) is -2.00. The van der Waals surface area contributed by atoms with Crippen LogP contribution in [0.15, 0.2) is 18.3 Å². The van der Waals surface area contributed by atoms with Crippen molar-refractivity contribution in [3.05, 3.63) is 24.0 Å². The standard InChI is InChI=1S/C12H13F3N2O4/c13-12(14,15)7-16-3-1-2-8(16)10(18)17-4-5-21-6-9(17)11(19)20/h1-3,9H,4-7H2,(H,19,20). The molecule has 1 saturated heterocycles. The number of carboxylic acids is 1. The predicted molar refractivity (Wildman–Crippen MR) is 63.8 cm³/mol. The molecule has 2 rings (SSSR count). The molecular weight excluding hydrogens is 293 g/mol. The Morgan fingerprint density at radius 3 is 2.76 bits per heavy atom. The van der Waals surface area contributed by atoms with E-state index < -0.39 is 30.6 Å². The van der Waals surface area contributed by atoms with Gasteiger partial charge in [-0.3, -0.25) is 4.79 Å². The summed E-state index contributed by atoms with van der Waals surface area (Å²) in [5.41, 5.74) is -0.194. The average Bonchev–Trinajstić information content (AvgIpc) is 2.83. The molecule has 1 amide bonds. The summed E-state index contributed by atoms with van der Waals surface area (Å²) >= 11 is 0. The molecule has 0 saturated carbocycles. The molecule has 0 aliphatic carbocycles. The number of morpholine rings is 1. The Bertz CT molecular complexity index is 541. The summed E-state index contributed by atoms with van der Waals surface area (Å²) < 4.78 is 43.1. The number of aliphatic carboxylic acids is 1. The van der Waals surface area contributed by atoms with E-state index in [2.05, 4.69) is 0 Å². The fourth-order valence-corrected chi connectivity index (χ4v) is 2.14. The summed E-state index contributed by atoms with van der Waals surface area (Å²) in [4.78, 5) is 24.4. The first-order valence-electron chi connectivity index (χ1n) is 6.13. The topological polar surface area (TPSA) is 71.8 Å². The number of halogens is 3. The Hall–Kier alpha value is -2.03. The predicted octanol–water partition coefficient (Wildman–Crippen LogP) is 0.976. The minimum Gasteiger partial charge on any atom is -0.480 e. The van der Waals surface area contributed by atoms with Gasteiger partial charge in [0.25, 0.3) is 5.91 Å². The van der Waals surface area contributed by atoms with Gasteiger partial charge in [-0.2, -0.15) is 13.2 Å². The van der Waals surface area contributed by atoms with Crippen LogP contribution >= 0.6 is 0 Å². The molecule has 0 bridgehead atoms. The van der Waals surface area contributed by atoms with Gasteiger partial charge in [-0.05, 0) is 12.1 Å². The van der Waals surface area contributed by atoms with Crippen molar-refractivity contribution in [2.45, 2.75) is 18.8 Å². The quantitative estimate of drug-likeness (QED) is 0.903. The highest BCUT2D eigenvalue weighted by molar-refractivity contribution is 5.95. The van der Waals surface area contributed by atoms with Gasteiger partial charge in [0.15, 0.2) is 6.04 Å². The summed E-state index contributed by atoms with van der Waals surface area (Å²) in [6.07, 6.45) is -3.33. The Morgan fingerprint density at radius 1 is 1.43 bits per heavy atom. The molecule has 1 aromatic rings. The zero-order valence-electron chi connectivity index (χ0n) is 10.8. The lowest BCUT2D eigenvalue weighted by Crippen LogP contribution is -2.53. The van der Waals surface area contributed by atoms with Crippen LogP contribution in [0, 0.1) is 0 Å². The highest BCUT2D eigenvalue weighted by Gasteiger charge is 2.35. The zero-order valence-corrected chi connectivity index (χ0v) is 10.8. The van der Waals surface area contributed by atoms with Crippen LogP contribution in [0.25, 0.3) is 0 Å². The van der Waals surface area contributed by atoms with Crippen molar-refractivity contribution in [2.24, 2.45) is 0 Å². The number of rotatable bonds is 3. The second-order valence-electron chi connectivity index (χ2n) is 4.56. The molecule has 6 nitrogen and oxygen atoms in total. The highest BCUT2D eigenvalue weighted by Crippen LogP contribution is 2.20. The van der Waals surface area contributed by atoms with Crippen molar-refractivity contribution >= 4 is 11.9 Å². The number of carbonyl (C=O) groups is 2. The first-order chi connectivity index (χ1) is 9.79. The number of aromatic nitrogens is 1. The third-order valence-electron chi connectivity index (χ3n) is 3.07. The van der Waals surface area contributed by atoms with Crippen molar-refractivity contribution in [3.63, 3.8) is 0 Å². The Labute approximate surface area is 117 Å². The van der Waals surface area contributed by atoms with E-state index >= 15 is 0 Å². The van der Waals surface area contributed by atoms with Crippen molar-refractivity contribution in [1.29, 1.82) is 0 Å². The van der Waals surface area contributed by atoms with Gasteiger partial charge < -0.3 is 19.3 Å². The molecule has 1 fully saturated rings. The molecule has 9 heteroatoms. The molecular formula is C12H13F3N2O4. The molecule has 1 N–H and O–H groups in total.